The van der Waals surface area contributed by atoms with Gasteiger partial charge in [-0.2, -0.15) is 0 Å². The van der Waals surface area contributed by atoms with Crippen molar-refractivity contribution in [1.29, 1.82) is 0 Å². The highest BCUT2D eigenvalue weighted by molar-refractivity contribution is 9.10. The molecule has 1 N–H and O–H groups in total. The van der Waals surface area contributed by atoms with Gasteiger partial charge < -0.3 is 10.1 Å². The highest BCUT2D eigenvalue weighted by Crippen LogP contribution is 2.46. The van der Waals surface area contributed by atoms with E-state index in [0.717, 1.165) is 27.3 Å². The first-order valence-corrected chi connectivity index (χ1v) is 5.94. The Bertz CT molecular complexity index is 571. The van der Waals surface area contributed by atoms with Gasteiger partial charge in [-0.15, -0.1) is 0 Å². The van der Waals surface area contributed by atoms with Crippen molar-refractivity contribution < 1.29 is 4.74 Å². The molecule has 0 amide bonds. The number of para-hydroxylation sites is 2. The Kier molecular flexibility index (Phi) is 2.30. The molecule has 0 unspecified atom stereocenters. The van der Waals surface area contributed by atoms with E-state index in [1.165, 1.54) is 0 Å². The summed E-state index contributed by atoms with van der Waals surface area (Å²) >= 11 is 9.43. The Hall–Kier alpha value is -1.19. The molecule has 2 aromatic rings. The number of nitrogens with one attached hydrogen (secondary N) is 1. The molecule has 0 saturated heterocycles. The Morgan fingerprint density at radius 3 is 2.81 bits per heavy atom. The molecule has 0 aliphatic carbocycles. The van der Waals surface area contributed by atoms with E-state index in [9.17, 15) is 0 Å². The summed E-state index contributed by atoms with van der Waals surface area (Å²) in [5, 5.41) is 3.95. The number of ether oxygens (including phenoxy) is 1. The number of fused-ring (bicyclic) bond motifs is 2. The number of halogens is 2. The van der Waals surface area contributed by atoms with Crippen molar-refractivity contribution in [1.82, 2.24) is 0 Å². The molecule has 2 aromatic carbocycles. The van der Waals surface area contributed by atoms with E-state index in [2.05, 4.69) is 21.2 Å². The number of rotatable bonds is 0. The van der Waals surface area contributed by atoms with E-state index in [1.807, 2.05) is 30.3 Å². The average molecular weight is 297 g/mol. The molecule has 3 rings (SSSR count). The molecular weight excluding hydrogens is 289 g/mol. The molecular formula is C12H7BrClNO. The number of hydrogen-bond acceptors (Lipinski definition) is 2. The first kappa shape index (κ1) is 10.00. The maximum absolute atomic E-state index is 5.97. The van der Waals surface area contributed by atoms with Gasteiger partial charge in [-0.3, -0.25) is 0 Å². The summed E-state index contributed by atoms with van der Waals surface area (Å²) in [5.41, 5.74) is 1.86. The third-order valence-corrected chi connectivity index (χ3v) is 3.23. The lowest BCUT2D eigenvalue weighted by Crippen LogP contribution is -2.03. The average Bonchev–Trinajstić information content (AvgIpc) is 2.27. The number of hydrogen-bond donors (Lipinski definition) is 1. The van der Waals surface area contributed by atoms with E-state index in [1.54, 1.807) is 6.07 Å². The second kappa shape index (κ2) is 3.68. The van der Waals surface area contributed by atoms with Gasteiger partial charge in [0.25, 0.3) is 0 Å². The zero-order valence-electron chi connectivity index (χ0n) is 8.13. The van der Waals surface area contributed by atoms with E-state index in [4.69, 9.17) is 16.3 Å². The molecule has 1 aliphatic rings. The van der Waals surface area contributed by atoms with Gasteiger partial charge >= 0.3 is 0 Å². The van der Waals surface area contributed by atoms with Crippen LogP contribution in [0.4, 0.5) is 11.4 Å². The molecule has 1 aliphatic heterocycles. The maximum atomic E-state index is 5.97. The van der Waals surface area contributed by atoms with Gasteiger partial charge in [-0.1, -0.05) is 23.7 Å². The van der Waals surface area contributed by atoms with Gasteiger partial charge in [0.05, 0.1) is 11.4 Å². The van der Waals surface area contributed by atoms with Gasteiger partial charge in [0.2, 0.25) is 0 Å². The highest BCUT2D eigenvalue weighted by atomic mass is 79.9. The van der Waals surface area contributed by atoms with Crippen LogP contribution in [0.1, 0.15) is 0 Å². The monoisotopic (exact) mass is 295 g/mol. The van der Waals surface area contributed by atoms with Crippen molar-refractivity contribution >= 4 is 38.9 Å². The van der Waals surface area contributed by atoms with Gasteiger partial charge in [-0.05, 0) is 34.1 Å². The first-order valence-electron chi connectivity index (χ1n) is 4.77. The van der Waals surface area contributed by atoms with Crippen LogP contribution < -0.4 is 10.1 Å². The second-order valence-corrected chi connectivity index (χ2v) is 4.77. The molecule has 0 bridgehead atoms. The molecule has 1 heterocycles. The van der Waals surface area contributed by atoms with Crippen LogP contribution in [0, 0.1) is 0 Å². The molecule has 0 spiro atoms. The van der Waals surface area contributed by atoms with Crippen LogP contribution in [0.15, 0.2) is 40.9 Å². The van der Waals surface area contributed by atoms with Crippen LogP contribution in [-0.2, 0) is 0 Å². The molecule has 0 atom stereocenters. The largest absolute Gasteiger partial charge is 0.453 e. The zero-order chi connectivity index (χ0) is 11.1. The van der Waals surface area contributed by atoms with Crippen molar-refractivity contribution in [2.45, 2.75) is 0 Å². The van der Waals surface area contributed by atoms with Gasteiger partial charge in [-0.25, -0.2) is 0 Å². The fourth-order valence-corrected chi connectivity index (χ4v) is 2.54. The molecule has 80 valence electrons. The van der Waals surface area contributed by atoms with Crippen LogP contribution in [0.25, 0.3) is 0 Å². The lowest BCUT2D eigenvalue weighted by Gasteiger charge is -2.22. The van der Waals surface area contributed by atoms with E-state index < -0.39 is 0 Å². The predicted octanol–water partition coefficient (Wildman–Crippen LogP) is 4.95. The van der Waals surface area contributed by atoms with Crippen molar-refractivity contribution in [2.24, 2.45) is 0 Å². The minimum absolute atomic E-state index is 0.645. The summed E-state index contributed by atoms with van der Waals surface area (Å²) in [5.74, 6) is 1.54. The third-order valence-electron chi connectivity index (χ3n) is 2.39. The Labute approximate surface area is 106 Å². The van der Waals surface area contributed by atoms with Crippen LogP contribution in [0.5, 0.6) is 11.5 Å². The lowest BCUT2D eigenvalue weighted by atomic mass is 10.2. The SMILES string of the molecule is Clc1cc(Br)c2c(c1)Oc1ccccc1N2. The van der Waals surface area contributed by atoms with Crippen LogP contribution in [-0.4, -0.2) is 0 Å². The molecule has 0 saturated carbocycles. The van der Waals surface area contributed by atoms with E-state index in [-0.39, 0.29) is 0 Å². The minimum atomic E-state index is 0.645. The minimum Gasteiger partial charge on any atom is -0.453 e. The summed E-state index contributed by atoms with van der Waals surface area (Å²) in [7, 11) is 0. The molecule has 16 heavy (non-hydrogen) atoms. The predicted molar refractivity (Wildman–Crippen MR) is 69.0 cm³/mol. The third kappa shape index (κ3) is 1.56. The quantitative estimate of drug-likeness (QED) is 0.633. The summed E-state index contributed by atoms with van der Waals surface area (Å²) in [4.78, 5) is 0. The normalized spacial score (nSPS) is 12.1. The fourth-order valence-electron chi connectivity index (χ4n) is 1.66. The standard InChI is InChI=1S/C12H7BrClNO/c13-8-5-7(14)6-11-12(8)15-9-3-1-2-4-10(9)16-11/h1-6,15H. The van der Waals surface area contributed by atoms with Crippen molar-refractivity contribution in [3.05, 3.63) is 45.9 Å². The molecule has 4 heteroatoms. The van der Waals surface area contributed by atoms with E-state index in [0.29, 0.717) is 5.02 Å². The highest BCUT2D eigenvalue weighted by Gasteiger charge is 2.18. The van der Waals surface area contributed by atoms with Crippen molar-refractivity contribution in [3.8, 4) is 11.5 Å². The zero-order valence-corrected chi connectivity index (χ0v) is 10.5. The fraction of sp³-hybridized carbons (Fsp3) is 0. The Morgan fingerprint density at radius 2 is 1.94 bits per heavy atom. The summed E-state index contributed by atoms with van der Waals surface area (Å²) in [6.45, 7) is 0. The van der Waals surface area contributed by atoms with Crippen molar-refractivity contribution in [3.63, 3.8) is 0 Å². The lowest BCUT2D eigenvalue weighted by molar-refractivity contribution is 0.481. The van der Waals surface area contributed by atoms with Gasteiger partial charge in [0.1, 0.15) is 0 Å². The van der Waals surface area contributed by atoms with Crippen LogP contribution >= 0.6 is 27.5 Å². The van der Waals surface area contributed by atoms with Crippen LogP contribution in [0.3, 0.4) is 0 Å². The smallest absolute Gasteiger partial charge is 0.153 e. The maximum Gasteiger partial charge on any atom is 0.153 e. The summed E-state index contributed by atoms with van der Waals surface area (Å²) in [6, 6.07) is 11.4. The Balaban J connectivity index is 2.15. The first-order chi connectivity index (χ1) is 7.74. The molecule has 0 aromatic heterocycles. The summed E-state index contributed by atoms with van der Waals surface area (Å²) in [6.07, 6.45) is 0. The van der Waals surface area contributed by atoms with Gasteiger partial charge in [0, 0.05) is 15.6 Å². The Morgan fingerprint density at radius 1 is 1.12 bits per heavy atom. The van der Waals surface area contributed by atoms with Crippen molar-refractivity contribution in [2.75, 3.05) is 5.32 Å². The number of anilines is 2. The van der Waals surface area contributed by atoms with Gasteiger partial charge in [0.15, 0.2) is 11.5 Å². The summed E-state index contributed by atoms with van der Waals surface area (Å²) < 4.78 is 6.66. The second-order valence-electron chi connectivity index (χ2n) is 3.48. The van der Waals surface area contributed by atoms with Crippen LogP contribution in [0.2, 0.25) is 5.02 Å². The molecule has 2 nitrogen and oxygen atoms in total. The van der Waals surface area contributed by atoms with E-state index >= 15 is 0 Å². The molecule has 0 fully saturated rings. The topological polar surface area (TPSA) is 21.3 Å². The molecule has 0 radical (unpaired) electrons. The number of benzene rings is 2.